The highest BCUT2D eigenvalue weighted by Crippen LogP contribution is 2.34. The quantitative estimate of drug-likeness (QED) is 0.475. The average Bonchev–Trinajstić information content (AvgIpc) is 3.40. The average molecular weight is 418 g/mol. The lowest BCUT2D eigenvalue weighted by molar-refractivity contribution is -0.137. The maximum Gasteiger partial charge on any atom is 0.252 e. The van der Waals surface area contributed by atoms with E-state index in [2.05, 4.69) is 25.6 Å². The fourth-order valence-electron chi connectivity index (χ4n) is 3.32. The van der Waals surface area contributed by atoms with Gasteiger partial charge in [-0.3, -0.25) is 9.36 Å². The zero-order valence-corrected chi connectivity index (χ0v) is 17.0. The highest BCUT2D eigenvalue weighted by atomic mass is 32.1. The van der Waals surface area contributed by atoms with Crippen molar-refractivity contribution in [2.75, 3.05) is 18.9 Å². The van der Waals surface area contributed by atoms with Gasteiger partial charge < -0.3 is 25.6 Å². The van der Waals surface area contributed by atoms with E-state index in [1.54, 1.807) is 25.3 Å². The van der Waals surface area contributed by atoms with Crippen LogP contribution in [0.2, 0.25) is 0 Å². The summed E-state index contributed by atoms with van der Waals surface area (Å²) in [5.74, 6) is 0.560. The molecule has 3 aromatic heterocycles. The number of fused-ring (bicyclic) bond motifs is 1. The van der Waals surface area contributed by atoms with Gasteiger partial charge in [0.25, 0.3) is 5.91 Å². The van der Waals surface area contributed by atoms with Crippen molar-refractivity contribution in [2.45, 2.75) is 38.4 Å². The Hall–Kier alpha value is -2.60. The van der Waals surface area contributed by atoms with Crippen LogP contribution >= 0.6 is 11.3 Å². The minimum absolute atomic E-state index is 0.391. The van der Waals surface area contributed by atoms with Crippen LogP contribution in [0.3, 0.4) is 0 Å². The molecule has 4 N–H and O–H groups in total. The molecule has 0 aliphatic carbocycles. The Morgan fingerprint density at radius 3 is 2.76 bits per heavy atom. The number of imidazole rings is 1. The van der Waals surface area contributed by atoms with Gasteiger partial charge in [-0.2, -0.15) is 0 Å². The van der Waals surface area contributed by atoms with Gasteiger partial charge in [-0.05, 0) is 26.0 Å². The molecule has 1 aliphatic rings. The molecule has 1 aliphatic heterocycles. The van der Waals surface area contributed by atoms with Crippen molar-refractivity contribution in [3.63, 3.8) is 0 Å². The number of carbonyl (C=O) groups is 1. The Kier molecular flexibility index (Phi) is 5.21. The van der Waals surface area contributed by atoms with Gasteiger partial charge in [0, 0.05) is 18.5 Å². The third-order valence-corrected chi connectivity index (χ3v) is 5.74. The number of amides is 1. The normalized spacial score (nSPS) is 24.2. The van der Waals surface area contributed by atoms with Crippen LogP contribution < -0.4 is 10.6 Å². The molecule has 4 atom stereocenters. The van der Waals surface area contributed by atoms with Crippen molar-refractivity contribution in [2.24, 2.45) is 0 Å². The third-order valence-electron chi connectivity index (χ3n) is 4.74. The van der Waals surface area contributed by atoms with E-state index >= 15 is 0 Å². The number of likely N-dealkylation sites (N-methyl/N-ethyl adjacent to an activating group) is 1. The number of nitrogens with one attached hydrogen (secondary N) is 2. The maximum absolute atomic E-state index is 12.2. The number of aryl methyl sites for hydroxylation is 1. The summed E-state index contributed by atoms with van der Waals surface area (Å²) in [6, 6.07) is 3.93. The molecule has 4 heterocycles. The van der Waals surface area contributed by atoms with E-state index in [4.69, 9.17) is 4.74 Å². The van der Waals surface area contributed by atoms with Gasteiger partial charge in [-0.15, -0.1) is 11.3 Å². The summed E-state index contributed by atoms with van der Waals surface area (Å²) in [4.78, 5) is 27.7. The van der Waals surface area contributed by atoms with Crippen molar-refractivity contribution in [3.05, 3.63) is 23.3 Å². The molecule has 1 saturated heterocycles. The Labute approximate surface area is 170 Å². The van der Waals surface area contributed by atoms with E-state index < -0.39 is 30.4 Å². The molecule has 154 valence electrons. The second-order valence-electron chi connectivity index (χ2n) is 6.70. The van der Waals surface area contributed by atoms with Gasteiger partial charge in [0.1, 0.15) is 12.2 Å². The molecule has 0 aromatic carbocycles. The first-order valence-electron chi connectivity index (χ1n) is 9.23. The minimum Gasteiger partial charge on any atom is -0.387 e. The first-order valence-corrected chi connectivity index (χ1v) is 10.0. The Bertz CT molecular complexity index is 1050. The van der Waals surface area contributed by atoms with Crippen LogP contribution in [0, 0.1) is 6.92 Å². The van der Waals surface area contributed by atoms with Crippen molar-refractivity contribution >= 4 is 34.2 Å². The summed E-state index contributed by atoms with van der Waals surface area (Å²) < 4.78 is 7.23. The van der Waals surface area contributed by atoms with Gasteiger partial charge in [-0.25, -0.2) is 15.0 Å². The predicted octanol–water partition coefficient (Wildman–Crippen LogP) is 0.660. The number of ether oxygens (including phenoxy) is 1. The number of anilines is 1. The van der Waals surface area contributed by atoms with Crippen LogP contribution in [0.5, 0.6) is 0 Å². The molecular weight excluding hydrogens is 396 g/mol. The second-order valence-corrected chi connectivity index (χ2v) is 7.99. The highest BCUT2D eigenvalue weighted by Gasteiger charge is 2.47. The lowest BCUT2D eigenvalue weighted by Crippen LogP contribution is -2.42. The monoisotopic (exact) mass is 418 g/mol. The molecule has 0 spiro atoms. The van der Waals surface area contributed by atoms with Gasteiger partial charge in [0.15, 0.2) is 35.1 Å². The van der Waals surface area contributed by atoms with Crippen LogP contribution in [0.15, 0.2) is 18.5 Å². The zero-order valence-electron chi connectivity index (χ0n) is 16.2. The Balaban J connectivity index is 1.77. The van der Waals surface area contributed by atoms with E-state index in [1.165, 1.54) is 10.9 Å². The first-order chi connectivity index (χ1) is 13.9. The summed E-state index contributed by atoms with van der Waals surface area (Å²) in [5, 5.41) is 26.5. The van der Waals surface area contributed by atoms with Crippen LogP contribution in [0.1, 0.15) is 18.0 Å². The molecule has 1 fully saturated rings. The fraction of sp³-hybridized carbons (Fsp3) is 0.444. The van der Waals surface area contributed by atoms with Crippen molar-refractivity contribution in [1.82, 2.24) is 24.8 Å². The predicted molar refractivity (Wildman–Crippen MR) is 108 cm³/mol. The minimum atomic E-state index is -1.37. The molecule has 0 radical (unpaired) electrons. The van der Waals surface area contributed by atoms with Gasteiger partial charge >= 0.3 is 0 Å². The number of aliphatic hydroxyl groups excluding tert-OH is 2. The number of rotatable bonds is 5. The fourth-order valence-corrected chi connectivity index (χ4v) is 4.12. The van der Waals surface area contributed by atoms with Crippen LogP contribution in [-0.4, -0.2) is 67.5 Å². The summed E-state index contributed by atoms with van der Waals surface area (Å²) in [6.07, 6.45) is -3.42. The van der Waals surface area contributed by atoms with E-state index in [0.29, 0.717) is 29.4 Å². The number of aliphatic hydroxyl groups is 2. The van der Waals surface area contributed by atoms with E-state index in [1.807, 2.05) is 19.1 Å². The Morgan fingerprint density at radius 1 is 1.31 bits per heavy atom. The summed E-state index contributed by atoms with van der Waals surface area (Å²) in [6.45, 7) is 4.16. The number of thiophene rings is 1. The molecule has 0 saturated carbocycles. The van der Waals surface area contributed by atoms with Crippen molar-refractivity contribution < 1.29 is 19.7 Å². The van der Waals surface area contributed by atoms with Gasteiger partial charge in [-0.1, -0.05) is 0 Å². The SMILES string of the molecule is CCNC(=O)[C@H]1O[C@@H](n2cnc3c(NC)nc(-c4ccc(C)s4)nc32)[C@H](O)[C@@H]1O. The van der Waals surface area contributed by atoms with Crippen molar-refractivity contribution in [3.8, 4) is 10.7 Å². The molecule has 3 aromatic rings. The number of carbonyl (C=O) groups excluding carboxylic acids is 1. The molecule has 29 heavy (non-hydrogen) atoms. The van der Waals surface area contributed by atoms with Crippen LogP contribution in [0.4, 0.5) is 5.82 Å². The standard InChI is InChI=1S/C18H22N6O4S/c1-4-20-17(27)13-11(25)12(26)18(28-13)24-7-21-10-15(19-3)22-14(23-16(10)24)9-6-5-8(2)29-9/h5-7,11-13,18,25-26H,4H2,1-3H3,(H,20,27)(H,19,22,23)/t11-,12+,13-,18+/m0/s1. The lowest BCUT2D eigenvalue weighted by atomic mass is 10.1. The zero-order chi connectivity index (χ0) is 20.7. The highest BCUT2D eigenvalue weighted by molar-refractivity contribution is 7.15. The summed E-state index contributed by atoms with van der Waals surface area (Å²) in [5.41, 5.74) is 0.925. The molecular formula is C18H22N6O4S. The van der Waals surface area contributed by atoms with E-state index in [9.17, 15) is 15.0 Å². The summed E-state index contributed by atoms with van der Waals surface area (Å²) in [7, 11) is 1.74. The maximum atomic E-state index is 12.2. The van der Waals surface area contributed by atoms with Crippen LogP contribution in [-0.2, 0) is 9.53 Å². The molecule has 4 rings (SSSR count). The third kappa shape index (κ3) is 3.35. The topological polar surface area (TPSA) is 134 Å². The molecule has 0 unspecified atom stereocenters. The van der Waals surface area contributed by atoms with Crippen molar-refractivity contribution in [1.29, 1.82) is 0 Å². The largest absolute Gasteiger partial charge is 0.387 e. The number of hydrogen-bond donors (Lipinski definition) is 4. The second kappa shape index (κ2) is 7.67. The van der Waals surface area contributed by atoms with E-state index in [-0.39, 0.29) is 0 Å². The molecule has 11 heteroatoms. The number of aromatic nitrogens is 4. The smallest absolute Gasteiger partial charge is 0.252 e. The van der Waals surface area contributed by atoms with Gasteiger partial charge in [0.2, 0.25) is 0 Å². The number of hydrogen-bond acceptors (Lipinski definition) is 9. The lowest BCUT2D eigenvalue weighted by Gasteiger charge is -2.16. The molecule has 10 nitrogen and oxygen atoms in total. The van der Waals surface area contributed by atoms with Crippen LogP contribution in [0.25, 0.3) is 21.9 Å². The van der Waals surface area contributed by atoms with E-state index in [0.717, 1.165) is 9.75 Å². The first kappa shape index (κ1) is 19.7. The van der Waals surface area contributed by atoms with Gasteiger partial charge in [0.05, 0.1) is 11.2 Å². The Morgan fingerprint density at radius 2 is 2.10 bits per heavy atom. The number of nitrogens with zero attached hydrogens (tertiary/aromatic N) is 4. The molecule has 1 amide bonds. The molecule has 0 bridgehead atoms. The summed E-state index contributed by atoms with van der Waals surface area (Å²) >= 11 is 1.56.